The monoisotopic (exact) mass is 351 g/mol. The lowest BCUT2D eigenvalue weighted by Gasteiger charge is -2.20. The first-order chi connectivity index (χ1) is 9.90. The molecule has 2 heterocycles. The van der Waals surface area contributed by atoms with Crippen molar-refractivity contribution in [2.45, 2.75) is 49.0 Å². The zero-order valence-corrected chi connectivity index (χ0v) is 13.4. The molecule has 0 aromatic heterocycles. The van der Waals surface area contributed by atoms with Gasteiger partial charge in [0.2, 0.25) is 10.0 Å². The van der Waals surface area contributed by atoms with Crippen LogP contribution in [0.1, 0.15) is 24.8 Å². The van der Waals surface area contributed by atoms with E-state index in [0.717, 1.165) is 12.8 Å². The van der Waals surface area contributed by atoms with Gasteiger partial charge in [0.05, 0.1) is 29.9 Å². The Kier molecular flexibility index (Phi) is 4.20. The lowest BCUT2D eigenvalue weighted by molar-refractivity contribution is 0.0996. The summed E-state index contributed by atoms with van der Waals surface area (Å²) >= 11 is 11.9. The molecule has 3 rings (SSSR count). The molecule has 3 unspecified atom stereocenters. The maximum atomic E-state index is 12.5. The van der Waals surface area contributed by atoms with Gasteiger partial charge in [-0.1, -0.05) is 23.2 Å². The van der Waals surface area contributed by atoms with Crippen molar-refractivity contribution in [2.75, 3.05) is 0 Å². The van der Waals surface area contributed by atoms with Gasteiger partial charge in [0.15, 0.2) is 0 Å². The van der Waals surface area contributed by atoms with E-state index in [9.17, 15) is 13.5 Å². The van der Waals surface area contributed by atoms with E-state index in [4.69, 9.17) is 27.9 Å². The van der Waals surface area contributed by atoms with Crippen LogP contribution in [0.2, 0.25) is 10.0 Å². The molecule has 2 bridgehead atoms. The Labute approximate surface area is 133 Å². The van der Waals surface area contributed by atoms with Crippen LogP contribution < -0.4 is 4.72 Å². The van der Waals surface area contributed by atoms with Crippen molar-refractivity contribution in [2.24, 2.45) is 0 Å². The lowest BCUT2D eigenvalue weighted by Crippen LogP contribution is -2.41. The van der Waals surface area contributed by atoms with Crippen LogP contribution in [0.15, 0.2) is 17.0 Å². The molecule has 1 aromatic rings. The van der Waals surface area contributed by atoms with Gasteiger partial charge in [-0.3, -0.25) is 0 Å². The largest absolute Gasteiger partial charge is 0.392 e. The fourth-order valence-electron chi connectivity index (χ4n) is 2.92. The molecule has 1 aromatic carbocycles. The average Bonchev–Trinajstić information content (AvgIpc) is 3.00. The quantitative estimate of drug-likeness (QED) is 0.870. The highest BCUT2D eigenvalue weighted by Crippen LogP contribution is 2.36. The zero-order valence-electron chi connectivity index (χ0n) is 11.1. The Balaban J connectivity index is 1.88. The van der Waals surface area contributed by atoms with Crippen molar-refractivity contribution >= 4 is 33.2 Å². The van der Waals surface area contributed by atoms with E-state index in [0.29, 0.717) is 12.0 Å². The number of aliphatic hydroxyl groups excluding tert-OH is 1. The molecule has 2 saturated heterocycles. The molecule has 2 aliphatic rings. The van der Waals surface area contributed by atoms with E-state index in [1.54, 1.807) is 0 Å². The maximum Gasteiger partial charge on any atom is 0.242 e. The SMILES string of the molecule is O=S(=O)(NC1CC2CCC1O2)c1cc(CO)c(Cl)cc1Cl. The Hall–Kier alpha value is -0.370. The minimum Gasteiger partial charge on any atom is -0.392 e. The maximum absolute atomic E-state index is 12.5. The second-order valence-electron chi connectivity index (χ2n) is 5.37. The summed E-state index contributed by atoms with van der Waals surface area (Å²) in [5.41, 5.74) is 0.325. The van der Waals surface area contributed by atoms with E-state index in [2.05, 4.69) is 4.72 Å². The molecule has 2 fully saturated rings. The normalized spacial score (nSPS) is 28.2. The predicted molar refractivity (Wildman–Crippen MR) is 79.0 cm³/mol. The zero-order chi connectivity index (χ0) is 15.2. The Morgan fingerprint density at radius 3 is 2.62 bits per heavy atom. The van der Waals surface area contributed by atoms with Crippen molar-refractivity contribution in [3.63, 3.8) is 0 Å². The molecule has 116 valence electrons. The number of halogens is 2. The van der Waals surface area contributed by atoms with Crippen LogP contribution in [-0.4, -0.2) is 31.8 Å². The van der Waals surface area contributed by atoms with Crippen LogP contribution in [0.25, 0.3) is 0 Å². The summed E-state index contributed by atoms with van der Waals surface area (Å²) in [6.45, 7) is -0.351. The number of ether oxygens (including phenoxy) is 1. The summed E-state index contributed by atoms with van der Waals surface area (Å²) in [4.78, 5) is -0.0691. The van der Waals surface area contributed by atoms with Crippen LogP contribution in [0.5, 0.6) is 0 Å². The van der Waals surface area contributed by atoms with Gasteiger partial charge in [-0.15, -0.1) is 0 Å². The van der Waals surface area contributed by atoms with Crippen molar-refractivity contribution in [1.82, 2.24) is 4.72 Å². The van der Waals surface area contributed by atoms with Crippen LogP contribution in [0.3, 0.4) is 0 Å². The van der Waals surface area contributed by atoms with E-state index >= 15 is 0 Å². The van der Waals surface area contributed by atoms with Crippen molar-refractivity contribution < 1.29 is 18.3 Å². The van der Waals surface area contributed by atoms with Gasteiger partial charge < -0.3 is 9.84 Å². The highest BCUT2D eigenvalue weighted by Gasteiger charge is 2.42. The second kappa shape index (κ2) is 5.68. The fourth-order valence-corrected chi connectivity index (χ4v) is 5.06. The second-order valence-corrected chi connectivity index (χ2v) is 7.87. The molecule has 0 saturated carbocycles. The molecule has 0 aliphatic carbocycles. The first-order valence-electron chi connectivity index (χ1n) is 6.67. The van der Waals surface area contributed by atoms with Crippen molar-refractivity contribution in [3.05, 3.63) is 27.7 Å². The summed E-state index contributed by atoms with van der Waals surface area (Å²) in [6.07, 6.45) is 2.62. The summed E-state index contributed by atoms with van der Waals surface area (Å²) in [6, 6.07) is 2.42. The molecule has 21 heavy (non-hydrogen) atoms. The molecule has 2 N–H and O–H groups in total. The third kappa shape index (κ3) is 2.93. The van der Waals surface area contributed by atoms with Gasteiger partial charge in [0.1, 0.15) is 4.90 Å². The van der Waals surface area contributed by atoms with E-state index in [1.165, 1.54) is 12.1 Å². The average molecular weight is 352 g/mol. The van der Waals surface area contributed by atoms with E-state index in [-0.39, 0.29) is 39.8 Å². The minimum absolute atomic E-state index is 0.0359. The van der Waals surface area contributed by atoms with Gasteiger partial charge in [0.25, 0.3) is 0 Å². The standard InChI is InChI=1S/C13H15Cl2NO4S/c14-9-5-10(15)13(3-7(9)6-17)21(18,19)16-11-4-8-1-2-12(11)20-8/h3,5,8,11-12,16-17H,1-2,4,6H2. The Bertz CT molecular complexity index is 664. The van der Waals surface area contributed by atoms with E-state index in [1.807, 2.05) is 0 Å². The number of benzene rings is 1. The van der Waals surface area contributed by atoms with Crippen LogP contribution in [-0.2, 0) is 21.4 Å². The Morgan fingerprint density at radius 1 is 1.29 bits per heavy atom. The first kappa shape index (κ1) is 15.5. The first-order valence-corrected chi connectivity index (χ1v) is 8.91. The molecular weight excluding hydrogens is 337 g/mol. The summed E-state index contributed by atoms with van der Waals surface area (Å²) in [7, 11) is -3.78. The van der Waals surface area contributed by atoms with Crippen LogP contribution in [0.4, 0.5) is 0 Å². The molecular formula is C13H15Cl2NO4S. The number of aliphatic hydroxyl groups is 1. The van der Waals surface area contributed by atoms with E-state index < -0.39 is 10.0 Å². The molecule has 0 amide bonds. The molecule has 8 heteroatoms. The number of rotatable bonds is 4. The molecule has 3 atom stereocenters. The molecule has 0 spiro atoms. The predicted octanol–water partition coefficient (Wildman–Crippen LogP) is 2.08. The smallest absolute Gasteiger partial charge is 0.242 e. The summed E-state index contributed by atoms with van der Waals surface area (Å²) in [5.74, 6) is 0. The van der Waals surface area contributed by atoms with Gasteiger partial charge in [-0.2, -0.15) is 0 Å². The molecule has 0 radical (unpaired) electrons. The van der Waals surface area contributed by atoms with Gasteiger partial charge in [0, 0.05) is 5.02 Å². The summed E-state index contributed by atoms with van der Waals surface area (Å²) in [5, 5.41) is 9.48. The topological polar surface area (TPSA) is 75.6 Å². The molecule has 5 nitrogen and oxygen atoms in total. The number of sulfonamides is 1. The Morgan fingerprint density at radius 2 is 2.05 bits per heavy atom. The number of hydrogen-bond donors (Lipinski definition) is 2. The number of fused-ring (bicyclic) bond motifs is 2. The van der Waals surface area contributed by atoms with Crippen LogP contribution >= 0.6 is 23.2 Å². The third-order valence-electron chi connectivity index (χ3n) is 3.97. The lowest BCUT2D eigenvalue weighted by atomic mass is 9.96. The minimum atomic E-state index is -3.78. The number of hydrogen-bond acceptors (Lipinski definition) is 4. The van der Waals surface area contributed by atoms with Gasteiger partial charge in [-0.05, 0) is 37.0 Å². The van der Waals surface area contributed by atoms with Crippen molar-refractivity contribution in [3.8, 4) is 0 Å². The van der Waals surface area contributed by atoms with Crippen molar-refractivity contribution in [1.29, 1.82) is 0 Å². The summed E-state index contributed by atoms with van der Waals surface area (Å²) < 4.78 is 33.3. The highest BCUT2D eigenvalue weighted by atomic mass is 35.5. The third-order valence-corrected chi connectivity index (χ3v) is 6.28. The molecule has 2 aliphatic heterocycles. The number of nitrogens with one attached hydrogen (secondary N) is 1. The van der Waals surface area contributed by atoms with Gasteiger partial charge in [-0.25, -0.2) is 13.1 Å². The van der Waals surface area contributed by atoms with Gasteiger partial charge >= 0.3 is 0 Å². The van der Waals surface area contributed by atoms with Crippen LogP contribution in [0, 0.1) is 0 Å². The fraction of sp³-hybridized carbons (Fsp3) is 0.538. The highest BCUT2D eigenvalue weighted by molar-refractivity contribution is 7.89.